The highest BCUT2D eigenvalue weighted by molar-refractivity contribution is 6.36. The first kappa shape index (κ1) is 16.9. The van der Waals surface area contributed by atoms with Crippen molar-refractivity contribution in [2.24, 2.45) is 0 Å². The van der Waals surface area contributed by atoms with E-state index in [4.69, 9.17) is 0 Å². The molecule has 4 aromatic carbocycles. The van der Waals surface area contributed by atoms with E-state index < -0.39 is 0 Å². The Bertz CT molecular complexity index is 1410. The van der Waals surface area contributed by atoms with Gasteiger partial charge in [0.1, 0.15) is 0 Å². The number of carbonyl (C=O) groups is 2. The number of benzene rings is 4. The molecule has 3 nitrogen and oxygen atoms in total. The van der Waals surface area contributed by atoms with Crippen LogP contribution in [0.2, 0.25) is 0 Å². The Morgan fingerprint density at radius 2 is 1.40 bits per heavy atom. The molecule has 30 heavy (non-hydrogen) atoms. The van der Waals surface area contributed by atoms with Crippen molar-refractivity contribution in [2.45, 2.75) is 6.42 Å². The Labute approximate surface area is 173 Å². The predicted octanol–water partition coefficient (Wildman–Crippen LogP) is 6.14. The lowest BCUT2D eigenvalue weighted by Crippen LogP contribution is -2.40. The lowest BCUT2D eigenvalue weighted by molar-refractivity contribution is 0.0893. The lowest BCUT2D eigenvalue weighted by Gasteiger charge is -2.27. The molecule has 1 heterocycles. The van der Waals surface area contributed by atoms with Gasteiger partial charge in [-0.15, -0.1) is 0 Å². The van der Waals surface area contributed by atoms with Gasteiger partial charge in [0.25, 0.3) is 11.8 Å². The first-order chi connectivity index (χ1) is 14.7. The van der Waals surface area contributed by atoms with Crippen LogP contribution in [0, 0.1) is 0 Å². The summed E-state index contributed by atoms with van der Waals surface area (Å²) in [5.41, 5.74) is 4.23. The molecule has 2 amide bonds. The molecule has 6 rings (SSSR count). The number of fused-ring (bicyclic) bond motifs is 1. The second-order valence-electron chi connectivity index (χ2n) is 7.73. The molecule has 0 N–H and O–H groups in total. The van der Waals surface area contributed by atoms with Crippen molar-refractivity contribution in [3.8, 4) is 0 Å². The molecular formula is C27H17NO2. The van der Waals surface area contributed by atoms with Crippen LogP contribution < -0.4 is 4.90 Å². The maximum atomic E-state index is 13.3. The van der Waals surface area contributed by atoms with Gasteiger partial charge in [-0.25, -0.2) is 4.90 Å². The van der Waals surface area contributed by atoms with E-state index in [2.05, 4.69) is 36.4 Å². The number of anilines is 1. The molecule has 0 aromatic heterocycles. The van der Waals surface area contributed by atoms with Crippen LogP contribution in [0.4, 0.5) is 5.69 Å². The fourth-order valence-corrected chi connectivity index (χ4v) is 4.50. The summed E-state index contributed by atoms with van der Waals surface area (Å²) in [7, 11) is 0. The van der Waals surface area contributed by atoms with E-state index in [-0.39, 0.29) is 11.8 Å². The van der Waals surface area contributed by atoms with E-state index in [0.29, 0.717) is 16.8 Å². The Hall–Kier alpha value is -3.98. The monoisotopic (exact) mass is 387 g/mol. The molecule has 0 unspecified atom stereocenters. The molecule has 0 spiro atoms. The summed E-state index contributed by atoms with van der Waals surface area (Å²) in [6, 6.07) is 23.3. The summed E-state index contributed by atoms with van der Waals surface area (Å²) in [5.74, 6) is -0.551. The zero-order chi connectivity index (χ0) is 20.2. The van der Waals surface area contributed by atoms with Crippen molar-refractivity contribution in [2.75, 3.05) is 4.90 Å². The molecule has 0 saturated heterocycles. The van der Waals surface area contributed by atoms with Crippen molar-refractivity contribution in [3.05, 3.63) is 108 Å². The van der Waals surface area contributed by atoms with Crippen molar-refractivity contribution in [3.63, 3.8) is 0 Å². The highest BCUT2D eigenvalue weighted by atomic mass is 16.2. The smallest absolute Gasteiger partial charge is 0.265 e. The van der Waals surface area contributed by atoms with E-state index in [1.165, 1.54) is 16.0 Å². The summed E-state index contributed by atoms with van der Waals surface area (Å²) in [5, 5.41) is 3.74. The normalized spacial score (nSPS) is 15.3. The summed E-state index contributed by atoms with van der Waals surface area (Å²) in [6.07, 6.45) is 7.31. The van der Waals surface area contributed by atoms with Gasteiger partial charge < -0.3 is 0 Å². The van der Waals surface area contributed by atoms with Gasteiger partial charge in [0.2, 0.25) is 0 Å². The van der Waals surface area contributed by atoms with Gasteiger partial charge in [-0.3, -0.25) is 9.59 Å². The molecule has 0 bridgehead atoms. The second kappa shape index (κ2) is 6.26. The number of allylic oxidation sites excluding steroid dienone is 4. The minimum absolute atomic E-state index is 0.276. The van der Waals surface area contributed by atoms with E-state index in [0.717, 1.165) is 28.0 Å². The average molecular weight is 387 g/mol. The highest BCUT2D eigenvalue weighted by Crippen LogP contribution is 2.34. The molecule has 4 aromatic rings. The van der Waals surface area contributed by atoms with Gasteiger partial charge in [-0.2, -0.15) is 0 Å². The fraction of sp³-hybridized carbons (Fsp3) is 0.0370. The van der Waals surface area contributed by atoms with E-state index in [1.54, 1.807) is 12.1 Å². The lowest BCUT2D eigenvalue weighted by atomic mass is 9.93. The topological polar surface area (TPSA) is 37.4 Å². The minimum atomic E-state index is -0.276. The van der Waals surface area contributed by atoms with Crippen LogP contribution in [-0.2, 0) is 0 Å². The second-order valence-corrected chi connectivity index (χ2v) is 7.73. The first-order valence-electron chi connectivity index (χ1n) is 10.0. The van der Waals surface area contributed by atoms with Crippen LogP contribution >= 0.6 is 0 Å². The largest absolute Gasteiger partial charge is 0.268 e. The van der Waals surface area contributed by atoms with Crippen LogP contribution in [0.25, 0.3) is 27.1 Å². The predicted molar refractivity (Wildman–Crippen MR) is 121 cm³/mol. The first-order valence-corrected chi connectivity index (χ1v) is 10.0. The van der Waals surface area contributed by atoms with E-state index >= 15 is 0 Å². The third-order valence-electron chi connectivity index (χ3n) is 6.00. The van der Waals surface area contributed by atoms with Gasteiger partial charge in [0.15, 0.2) is 0 Å². The highest BCUT2D eigenvalue weighted by Gasteiger charge is 2.33. The molecule has 0 fully saturated rings. The van der Waals surface area contributed by atoms with Crippen LogP contribution in [-0.4, -0.2) is 11.8 Å². The molecule has 1 aliphatic heterocycles. The number of hydrogen-bond acceptors (Lipinski definition) is 2. The molecule has 0 atom stereocenters. The van der Waals surface area contributed by atoms with Crippen molar-refractivity contribution in [1.29, 1.82) is 0 Å². The molecule has 3 heteroatoms. The van der Waals surface area contributed by atoms with Gasteiger partial charge in [-0.1, -0.05) is 60.7 Å². The zero-order valence-corrected chi connectivity index (χ0v) is 16.1. The number of rotatable bonds is 2. The Balaban J connectivity index is 1.46. The third kappa shape index (κ3) is 2.39. The Kier molecular flexibility index (Phi) is 3.53. The molecular weight excluding hydrogens is 370 g/mol. The third-order valence-corrected chi connectivity index (χ3v) is 6.00. The summed E-state index contributed by atoms with van der Waals surface area (Å²) in [6.45, 7) is 0. The Morgan fingerprint density at radius 3 is 2.10 bits per heavy atom. The number of nitrogens with zero attached hydrogens (tertiary/aromatic N) is 1. The van der Waals surface area contributed by atoms with Gasteiger partial charge in [-0.05, 0) is 64.0 Å². The zero-order valence-electron chi connectivity index (χ0n) is 16.1. The van der Waals surface area contributed by atoms with Crippen molar-refractivity contribution >= 4 is 44.6 Å². The van der Waals surface area contributed by atoms with Gasteiger partial charge >= 0.3 is 0 Å². The molecule has 0 saturated carbocycles. The number of imide groups is 1. The Morgan fingerprint density at radius 1 is 0.700 bits per heavy atom. The van der Waals surface area contributed by atoms with Crippen LogP contribution in [0.1, 0.15) is 32.7 Å². The van der Waals surface area contributed by atoms with E-state index in [9.17, 15) is 9.59 Å². The summed E-state index contributed by atoms with van der Waals surface area (Å²) >= 11 is 0. The average Bonchev–Trinajstić information content (AvgIpc) is 3.32. The van der Waals surface area contributed by atoms with Crippen LogP contribution in [0.3, 0.4) is 0 Å². The van der Waals surface area contributed by atoms with Gasteiger partial charge in [0, 0.05) is 16.5 Å². The van der Waals surface area contributed by atoms with Crippen LogP contribution in [0.15, 0.2) is 91.0 Å². The molecule has 2 aliphatic rings. The molecule has 1 aliphatic carbocycles. The maximum absolute atomic E-state index is 13.3. The fourth-order valence-electron chi connectivity index (χ4n) is 4.50. The number of amides is 2. The number of carbonyl (C=O) groups excluding carboxylic acids is 2. The maximum Gasteiger partial charge on any atom is 0.265 e. The molecule has 0 radical (unpaired) electrons. The summed E-state index contributed by atoms with van der Waals surface area (Å²) < 4.78 is 0. The van der Waals surface area contributed by atoms with E-state index in [1.807, 2.05) is 42.5 Å². The number of hydrogen-bond donors (Lipinski definition) is 0. The quantitative estimate of drug-likeness (QED) is 0.388. The van der Waals surface area contributed by atoms with Crippen LogP contribution in [0.5, 0.6) is 0 Å². The van der Waals surface area contributed by atoms with Crippen molar-refractivity contribution < 1.29 is 9.59 Å². The standard InChI is InChI=1S/C27H17NO2/c29-26-23-9-3-7-18-8-4-10-24(25(18)23)27(30)28(26)22-14-13-20-15-19(11-12-21(20)16-22)17-5-1-2-6-17/h1-5,7-16H,6H2. The minimum Gasteiger partial charge on any atom is -0.268 e. The SMILES string of the molecule is O=C1c2cccc3cccc(c23)C(=O)N1c1ccc2cc(C3=CC=CC3)ccc2c1. The summed E-state index contributed by atoms with van der Waals surface area (Å²) in [4.78, 5) is 27.8. The molecule has 142 valence electrons. The van der Waals surface area contributed by atoms with Crippen molar-refractivity contribution in [1.82, 2.24) is 0 Å². The van der Waals surface area contributed by atoms with Gasteiger partial charge in [0.05, 0.1) is 5.69 Å².